The number of nitrogens with one attached hydrogen (secondary N) is 2. The number of aromatic nitrogens is 2. The van der Waals surface area contributed by atoms with Crippen LogP contribution in [0.25, 0.3) is 0 Å². The van der Waals surface area contributed by atoms with Crippen LogP contribution < -0.4 is 10.6 Å². The molecule has 0 aliphatic rings. The van der Waals surface area contributed by atoms with Crippen molar-refractivity contribution < 1.29 is 0 Å². The van der Waals surface area contributed by atoms with Crippen LogP contribution in [-0.4, -0.2) is 29.3 Å². The van der Waals surface area contributed by atoms with Gasteiger partial charge in [-0.05, 0) is 23.8 Å². The number of halogens is 2. The number of hydrogen-bond acceptors (Lipinski definition) is 2. The van der Waals surface area contributed by atoms with Gasteiger partial charge in [0.25, 0.3) is 0 Å². The average molecular weight is 368 g/mol. The molecule has 2 rings (SSSR count). The van der Waals surface area contributed by atoms with Crippen molar-refractivity contribution in [2.75, 3.05) is 13.6 Å². The first-order chi connectivity index (χ1) is 11.3. The second-order valence-corrected chi connectivity index (χ2v) is 7.02. The molecule has 1 heterocycles. The second-order valence-electron chi connectivity index (χ2n) is 6.21. The molecule has 5 nitrogen and oxygen atoms in total. The quantitative estimate of drug-likeness (QED) is 0.629. The van der Waals surface area contributed by atoms with E-state index in [1.54, 1.807) is 13.2 Å². The summed E-state index contributed by atoms with van der Waals surface area (Å²) in [6.07, 6.45) is 1.77. The number of hydrogen-bond donors (Lipinski definition) is 2. The van der Waals surface area contributed by atoms with E-state index in [1.807, 2.05) is 36.0 Å². The van der Waals surface area contributed by atoms with E-state index in [4.69, 9.17) is 23.2 Å². The van der Waals surface area contributed by atoms with Gasteiger partial charge in [-0.25, -0.2) is 0 Å². The minimum absolute atomic E-state index is 0.250. The Hall–Kier alpha value is -1.72. The van der Waals surface area contributed by atoms with Crippen LogP contribution in [0.1, 0.15) is 25.1 Å². The molecular formula is C17H23Cl2N5. The number of aryl methyl sites for hydroxylation is 1. The average Bonchev–Trinajstić information content (AvgIpc) is 2.92. The molecule has 130 valence electrons. The van der Waals surface area contributed by atoms with Crippen LogP contribution in [0.15, 0.2) is 35.5 Å². The number of benzene rings is 1. The van der Waals surface area contributed by atoms with E-state index in [2.05, 4.69) is 34.6 Å². The Balaban J connectivity index is 2.00. The van der Waals surface area contributed by atoms with E-state index in [0.717, 1.165) is 11.3 Å². The summed E-state index contributed by atoms with van der Waals surface area (Å²) in [5.41, 5.74) is 1.76. The Morgan fingerprint density at radius 3 is 2.42 bits per heavy atom. The Bertz CT molecular complexity index is 701. The zero-order chi connectivity index (χ0) is 17.7. The lowest BCUT2D eigenvalue weighted by molar-refractivity contribution is 0.508. The molecule has 1 aromatic carbocycles. The van der Waals surface area contributed by atoms with Crippen molar-refractivity contribution in [2.45, 2.75) is 25.8 Å². The van der Waals surface area contributed by atoms with E-state index in [-0.39, 0.29) is 5.41 Å². The number of aliphatic imine (C=N–C) groups is 1. The van der Waals surface area contributed by atoms with Crippen molar-refractivity contribution in [3.63, 3.8) is 0 Å². The first kappa shape index (κ1) is 18.6. The molecule has 7 heteroatoms. The summed E-state index contributed by atoms with van der Waals surface area (Å²) in [6.45, 7) is 5.48. The highest BCUT2D eigenvalue weighted by Gasteiger charge is 2.26. The van der Waals surface area contributed by atoms with Crippen molar-refractivity contribution in [1.29, 1.82) is 0 Å². The first-order valence-corrected chi connectivity index (χ1v) is 8.46. The third-order valence-corrected chi connectivity index (χ3v) is 4.55. The van der Waals surface area contributed by atoms with Crippen LogP contribution in [0, 0.1) is 0 Å². The molecule has 0 aliphatic heterocycles. The fraction of sp³-hybridized carbons (Fsp3) is 0.412. The number of nitrogens with zero attached hydrogens (tertiary/aromatic N) is 3. The van der Waals surface area contributed by atoms with E-state index in [0.29, 0.717) is 29.1 Å². The molecule has 0 aliphatic carbocycles. The largest absolute Gasteiger partial charge is 0.356 e. The van der Waals surface area contributed by atoms with E-state index >= 15 is 0 Å². The van der Waals surface area contributed by atoms with Gasteiger partial charge in [0.1, 0.15) is 0 Å². The fourth-order valence-electron chi connectivity index (χ4n) is 2.51. The van der Waals surface area contributed by atoms with Gasteiger partial charge >= 0.3 is 0 Å². The first-order valence-electron chi connectivity index (χ1n) is 7.71. The maximum Gasteiger partial charge on any atom is 0.191 e. The summed E-state index contributed by atoms with van der Waals surface area (Å²) in [5, 5.41) is 12.1. The molecule has 0 fully saturated rings. The maximum atomic E-state index is 6.34. The van der Waals surface area contributed by atoms with Crippen LogP contribution in [0.4, 0.5) is 0 Å². The molecule has 0 saturated carbocycles. The summed E-state index contributed by atoms with van der Waals surface area (Å²) >= 11 is 12.7. The summed E-state index contributed by atoms with van der Waals surface area (Å²) in [4.78, 5) is 4.26. The molecule has 0 unspecified atom stereocenters. The Labute approximate surface area is 153 Å². The van der Waals surface area contributed by atoms with Gasteiger partial charge in [-0.1, -0.05) is 43.1 Å². The lowest BCUT2D eigenvalue weighted by Gasteiger charge is -2.28. The maximum absolute atomic E-state index is 6.34. The lowest BCUT2D eigenvalue weighted by atomic mass is 9.84. The van der Waals surface area contributed by atoms with Gasteiger partial charge < -0.3 is 10.6 Å². The summed E-state index contributed by atoms with van der Waals surface area (Å²) in [6, 6.07) is 7.54. The highest BCUT2D eigenvalue weighted by molar-refractivity contribution is 6.36. The molecule has 0 amide bonds. The predicted octanol–water partition coefficient (Wildman–Crippen LogP) is 3.37. The van der Waals surface area contributed by atoms with Crippen molar-refractivity contribution in [3.05, 3.63) is 51.8 Å². The van der Waals surface area contributed by atoms with E-state index in [1.165, 1.54) is 0 Å². The predicted molar refractivity (Wildman–Crippen MR) is 101 cm³/mol. The Kier molecular flexibility index (Phi) is 6.13. The van der Waals surface area contributed by atoms with Crippen LogP contribution in [-0.2, 0) is 19.0 Å². The fourth-order valence-corrected chi connectivity index (χ4v) is 3.42. The van der Waals surface area contributed by atoms with Gasteiger partial charge in [-0.2, -0.15) is 5.10 Å². The molecule has 0 bridgehead atoms. The SMILES string of the molecule is CN=C(NCc1ccnn1C)NCC(C)(C)c1c(Cl)cccc1Cl. The highest BCUT2D eigenvalue weighted by atomic mass is 35.5. The van der Waals surface area contributed by atoms with Crippen LogP contribution >= 0.6 is 23.2 Å². The Morgan fingerprint density at radius 1 is 1.21 bits per heavy atom. The van der Waals surface area contributed by atoms with Gasteiger partial charge in [-0.15, -0.1) is 0 Å². The lowest BCUT2D eigenvalue weighted by Crippen LogP contribution is -2.43. The molecule has 24 heavy (non-hydrogen) atoms. The summed E-state index contributed by atoms with van der Waals surface area (Å²) in [5.74, 6) is 0.715. The molecule has 1 aromatic heterocycles. The third-order valence-electron chi connectivity index (χ3n) is 3.92. The topological polar surface area (TPSA) is 54.2 Å². The normalized spacial score (nSPS) is 12.3. The van der Waals surface area contributed by atoms with Crippen molar-refractivity contribution in [3.8, 4) is 0 Å². The van der Waals surface area contributed by atoms with Gasteiger partial charge in [0.15, 0.2) is 5.96 Å². The zero-order valence-corrected chi connectivity index (χ0v) is 15.9. The molecular weight excluding hydrogens is 345 g/mol. The van der Waals surface area contributed by atoms with Crippen LogP contribution in [0.5, 0.6) is 0 Å². The molecule has 0 radical (unpaired) electrons. The van der Waals surface area contributed by atoms with Crippen molar-refractivity contribution in [1.82, 2.24) is 20.4 Å². The third kappa shape index (κ3) is 4.42. The van der Waals surface area contributed by atoms with Gasteiger partial charge in [0.2, 0.25) is 0 Å². The van der Waals surface area contributed by atoms with Crippen LogP contribution in [0.3, 0.4) is 0 Å². The van der Waals surface area contributed by atoms with Crippen LogP contribution in [0.2, 0.25) is 10.0 Å². The van der Waals surface area contributed by atoms with Gasteiger partial charge in [0.05, 0.1) is 12.2 Å². The molecule has 0 spiro atoms. The smallest absolute Gasteiger partial charge is 0.191 e. The molecule has 2 N–H and O–H groups in total. The number of guanidine groups is 1. The monoisotopic (exact) mass is 367 g/mol. The summed E-state index contributed by atoms with van der Waals surface area (Å²) in [7, 11) is 3.66. The Morgan fingerprint density at radius 2 is 1.88 bits per heavy atom. The van der Waals surface area contributed by atoms with Gasteiger partial charge in [0, 0.05) is 42.3 Å². The van der Waals surface area contributed by atoms with Gasteiger partial charge in [-0.3, -0.25) is 9.67 Å². The minimum Gasteiger partial charge on any atom is -0.356 e. The molecule has 0 atom stereocenters. The standard InChI is InChI=1S/C17H23Cl2N5/c1-17(2,15-13(18)6-5-7-14(15)19)11-22-16(20-3)21-10-12-8-9-23-24(12)4/h5-9H,10-11H2,1-4H3,(H2,20,21,22). The zero-order valence-electron chi connectivity index (χ0n) is 14.4. The highest BCUT2D eigenvalue weighted by Crippen LogP contribution is 2.35. The second kappa shape index (κ2) is 7.90. The van der Waals surface area contributed by atoms with E-state index < -0.39 is 0 Å². The van der Waals surface area contributed by atoms with Crippen molar-refractivity contribution >= 4 is 29.2 Å². The van der Waals surface area contributed by atoms with Crippen molar-refractivity contribution in [2.24, 2.45) is 12.0 Å². The summed E-state index contributed by atoms with van der Waals surface area (Å²) < 4.78 is 1.83. The minimum atomic E-state index is -0.250. The number of rotatable bonds is 5. The molecule has 0 saturated heterocycles. The molecule has 2 aromatic rings. The van der Waals surface area contributed by atoms with E-state index in [9.17, 15) is 0 Å².